The van der Waals surface area contributed by atoms with Crippen molar-refractivity contribution in [2.75, 3.05) is 5.32 Å². The van der Waals surface area contributed by atoms with Crippen LogP contribution >= 0.6 is 11.6 Å². The first-order chi connectivity index (χ1) is 9.47. The van der Waals surface area contributed by atoms with E-state index in [9.17, 15) is 14.0 Å². The Morgan fingerprint density at radius 3 is 2.60 bits per heavy atom. The standard InChI is InChI=1S/C13H8ClFN2O3/c14-10-6-8(1-2-9(10)13(19)20)17-12(18)7-3-4-16-11(15)5-7/h1-6H,(H,17,18)(H,19,20). The molecule has 0 radical (unpaired) electrons. The first-order valence-corrected chi connectivity index (χ1v) is 5.81. The van der Waals surface area contributed by atoms with Crippen LogP contribution in [0.3, 0.4) is 0 Å². The molecule has 2 rings (SSSR count). The molecule has 102 valence electrons. The van der Waals surface area contributed by atoms with Gasteiger partial charge in [-0.1, -0.05) is 11.6 Å². The van der Waals surface area contributed by atoms with E-state index in [1.54, 1.807) is 0 Å². The van der Waals surface area contributed by atoms with Crippen LogP contribution in [0.15, 0.2) is 36.5 Å². The lowest BCUT2D eigenvalue weighted by Crippen LogP contribution is -2.12. The van der Waals surface area contributed by atoms with Crippen molar-refractivity contribution in [3.05, 3.63) is 58.6 Å². The van der Waals surface area contributed by atoms with Gasteiger partial charge in [0.25, 0.3) is 5.91 Å². The molecule has 7 heteroatoms. The molecule has 0 atom stereocenters. The van der Waals surface area contributed by atoms with Gasteiger partial charge < -0.3 is 10.4 Å². The molecule has 1 amide bonds. The Morgan fingerprint density at radius 1 is 1.25 bits per heavy atom. The molecular formula is C13H8ClFN2O3. The Labute approximate surface area is 118 Å². The second-order valence-electron chi connectivity index (χ2n) is 3.82. The van der Waals surface area contributed by atoms with Crippen LogP contribution in [0.25, 0.3) is 0 Å². The van der Waals surface area contributed by atoms with E-state index in [0.717, 1.165) is 6.07 Å². The predicted octanol–water partition coefficient (Wildman–Crippen LogP) is 2.82. The maximum atomic E-state index is 12.9. The largest absolute Gasteiger partial charge is 0.478 e. The number of aromatic carboxylic acids is 1. The minimum absolute atomic E-state index is 0.00351. The molecule has 1 aromatic heterocycles. The van der Waals surface area contributed by atoms with Crippen molar-refractivity contribution < 1.29 is 19.1 Å². The highest BCUT2D eigenvalue weighted by molar-refractivity contribution is 6.33. The zero-order chi connectivity index (χ0) is 14.7. The van der Waals surface area contributed by atoms with Gasteiger partial charge in [0.15, 0.2) is 0 Å². The number of anilines is 1. The third-order valence-corrected chi connectivity index (χ3v) is 2.76. The van der Waals surface area contributed by atoms with Crippen molar-refractivity contribution in [2.45, 2.75) is 0 Å². The summed E-state index contributed by atoms with van der Waals surface area (Å²) in [5.74, 6) is -2.48. The summed E-state index contributed by atoms with van der Waals surface area (Å²) in [6, 6.07) is 6.31. The molecule has 0 spiro atoms. The summed E-state index contributed by atoms with van der Waals surface area (Å²) < 4.78 is 12.9. The van der Waals surface area contributed by atoms with Gasteiger partial charge in [-0.15, -0.1) is 0 Å². The van der Waals surface area contributed by atoms with Crippen LogP contribution < -0.4 is 5.32 Å². The number of carboxylic acid groups (broad SMARTS) is 1. The molecule has 0 bridgehead atoms. The Morgan fingerprint density at radius 2 is 2.00 bits per heavy atom. The van der Waals surface area contributed by atoms with E-state index in [2.05, 4.69) is 10.3 Å². The van der Waals surface area contributed by atoms with E-state index in [4.69, 9.17) is 16.7 Å². The summed E-state index contributed by atoms with van der Waals surface area (Å²) in [5.41, 5.74) is 0.331. The molecule has 2 aromatic rings. The summed E-state index contributed by atoms with van der Waals surface area (Å²) in [6.07, 6.45) is 1.17. The predicted molar refractivity (Wildman–Crippen MR) is 70.6 cm³/mol. The normalized spacial score (nSPS) is 10.1. The minimum Gasteiger partial charge on any atom is -0.478 e. The van der Waals surface area contributed by atoms with Gasteiger partial charge in [0.05, 0.1) is 10.6 Å². The topological polar surface area (TPSA) is 79.3 Å². The van der Waals surface area contributed by atoms with E-state index in [0.29, 0.717) is 5.69 Å². The molecule has 5 nitrogen and oxygen atoms in total. The summed E-state index contributed by atoms with van der Waals surface area (Å²) in [7, 11) is 0. The molecule has 0 saturated heterocycles. The summed E-state index contributed by atoms with van der Waals surface area (Å²) in [5, 5.41) is 11.3. The van der Waals surface area contributed by atoms with E-state index < -0.39 is 17.8 Å². The van der Waals surface area contributed by atoms with Gasteiger partial charge in [-0.3, -0.25) is 4.79 Å². The Kier molecular flexibility index (Phi) is 3.95. The van der Waals surface area contributed by atoms with Gasteiger partial charge >= 0.3 is 5.97 Å². The van der Waals surface area contributed by atoms with Gasteiger partial charge in [0.1, 0.15) is 0 Å². The third-order valence-electron chi connectivity index (χ3n) is 2.45. The van der Waals surface area contributed by atoms with Crippen molar-refractivity contribution in [3.8, 4) is 0 Å². The van der Waals surface area contributed by atoms with Crippen molar-refractivity contribution >= 4 is 29.2 Å². The number of carbonyl (C=O) groups excluding carboxylic acids is 1. The molecule has 0 aliphatic rings. The second kappa shape index (κ2) is 5.66. The number of amides is 1. The SMILES string of the molecule is O=C(Nc1ccc(C(=O)O)c(Cl)c1)c1ccnc(F)c1. The fourth-order valence-corrected chi connectivity index (χ4v) is 1.77. The number of pyridine rings is 1. The number of nitrogens with zero attached hydrogens (tertiary/aromatic N) is 1. The van der Waals surface area contributed by atoms with E-state index >= 15 is 0 Å². The molecule has 20 heavy (non-hydrogen) atoms. The maximum absolute atomic E-state index is 12.9. The number of aromatic nitrogens is 1. The highest BCUT2D eigenvalue weighted by Gasteiger charge is 2.11. The number of benzene rings is 1. The molecule has 0 aliphatic carbocycles. The first kappa shape index (κ1) is 14.0. The fourth-order valence-electron chi connectivity index (χ4n) is 1.51. The Bertz CT molecular complexity index is 691. The number of nitrogens with one attached hydrogen (secondary N) is 1. The number of rotatable bonds is 3. The smallest absolute Gasteiger partial charge is 0.337 e. The van der Waals surface area contributed by atoms with E-state index in [1.165, 1.54) is 30.5 Å². The first-order valence-electron chi connectivity index (χ1n) is 5.43. The van der Waals surface area contributed by atoms with Gasteiger partial charge in [0.2, 0.25) is 5.95 Å². The van der Waals surface area contributed by atoms with Crippen LogP contribution in [0.5, 0.6) is 0 Å². The molecule has 0 fully saturated rings. The summed E-state index contributed by atoms with van der Waals surface area (Å²) in [4.78, 5) is 26.0. The quantitative estimate of drug-likeness (QED) is 0.853. The van der Waals surface area contributed by atoms with Crippen LogP contribution in [-0.2, 0) is 0 Å². The zero-order valence-corrected chi connectivity index (χ0v) is 10.7. The molecule has 0 aliphatic heterocycles. The van der Waals surface area contributed by atoms with Crippen molar-refractivity contribution in [2.24, 2.45) is 0 Å². The molecular weight excluding hydrogens is 287 g/mol. The highest BCUT2D eigenvalue weighted by atomic mass is 35.5. The number of carbonyl (C=O) groups is 2. The average Bonchev–Trinajstić information content (AvgIpc) is 2.38. The second-order valence-corrected chi connectivity index (χ2v) is 4.23. The molecule has 1 aromatic carbocycles. The molecule has 0 unspecified atom stereocenters. The Balaban J connectivity index is 2.20. The fraction of sp³-hybridized carbons (Fsp3) is 0. The zero-order valence-electron chi connectivity index (χ0n) is 9.93. The maximum Gasteiger partial charge on any atom is 0.337 e. The average molecular weight is 295 g/mol. The number of hydrogen-bond donors (Lipinski definition) is 2. The van der Waals surface area contributed by atoms with Crippen LogP contribution in [0.4, 0.5) is 10.1 Å². The van der Waals surface area contributed by atoms with Crippen molar-refractivity contribution in [3.63, 3.8) is 0 Å². The third kappa shape index (κ3) is 3.10. The van der Waals surface area contributed by atoms with Gasteiger partial charge in [-0.05, 0) is 24.3 Å². The van der Waals surface area contributed by atoms with E-state index in [-0.39, 0.29) is 16.1 Å². The lowest BCUT2D eigenvalue weighted by atomic mass is 10.2. The minimum atomic E-state index is -1.16. The lowest BCUT2D eigenvalue weighted by Gasteiger charge is -2.07. The molecule has 1 heterocycles. The monoisotopic (exact) mass is 294 g/mol. The Hall–Kier alpha value is -2.47. The van der Waals surface area contributed by atoms with Gasteiger partial charge in [-0.25, -0.2) is 9.78 Å². The van der Waals surface area contributed by atoms with Gasteiger partial charge in [0, 0.05) is 23.5 Å². The number of carboxylic acids is 1. The van der Waals surface area contributed by atoms with Crippen LogP contribution in [0, 0.1) is 5.95 Å². The summed E-state index contributed by atoms with van der Waals surface area (Å²) in [6.45, 7) is 0. The van der Waals surface area contributed by atoms with Crippen LogP contribution in [-0.4, -0.2) is 22.0 Å². The summed E-state index contributed by atoms with van der Waals surface area (Å²) >= 11 is 5.78. The van der Waals surface area contributed by atoms with Crippen LogP contribution in [0.1, 0.15) is 20.7 Å². The molecule has 2 N–H and O–H groups in total. The molecule has 0 saturated carbocycles. The highest BCUT2D eigenvalue weighted by Crippen LogP contribution is 2.21. The lowest BCUT2D eigenvalue weighted by molar-refractivity contribution is 0.0697. The number of hydrogen-bond acceptors (Lipinski definition) is 3. The van der Waals surface area contributed by atoms with Crippen LogP contribution in [0.2, 0.25) is 5.02 Å². The van der Waals surface area contributed by atoms with Crippen molar-refractivity contribution in [1.82, 2.24) is 4.98 Å². The van der Waals surface area contributed by atoms with Crippen molar-refractivity contribution in [1.29, 1.82) is 0 Å². The number of halogens is 2. The van der Waals surface area contributed by atoms with Gasteiger partial charge in [-0.2, -0.15) is 4.39 Å². The van der Waals surface area contributed by atoms with E-state index in [1.807, 2.05) is 0 Å².